The van der Waals surface area contributed by atoms with Gasteiger partial charge in [-0.1, -0.05) is 13.1 Å². The first-order valence-corrected chi connectivity index (χ1v) is 12.5. The third-order valence-corrected chi connectivity index (χ3v) is 11.4. The summed E-state index contributed by atoms with van der Waals surface area (Å²) in [5, 5.41) is 0. The molecule has 0 atom stereocenters. The van der Waals surface area contributed by atoms with Crippen LogP contribution >= 0.6 is 0 Å². The largest absolute Gasteiger partial charge is 0.398 e. The molecule has 0 aromatic carbocycles. The lowest BCUT2D eigenvalue weighted by atomic mass is 10.4. The highest BCUT2D eigenvalue weighted by atomic mass is 28.4. The molecule has 0 amide bonds. The maximum Gasteiger partial charge on any atom is 0.334 e. The molecule has 0 spiro atoms. The van der Waals surface area contributed by atoms with Crippen LogP contribution < -0.4 is 0 Å². The summed E-state index contributed by atoms with van der Waals surface area (Å²) in [5.41, 5.74) is 0. The Morgan fingerprint density at radius 1 is 0.889 bits per heavy atom. The molecule has 0 aromatic rings. The lowest BCUT2D eigenvalue weighted by molar-refractivity contribution is 0.215. The highest BCUT2D eigenvalue weighted by molar-refractivity contribution is 6.77. The molecule has 18 heavy (non-hydrogen) atoms. The van der Waals surface area contributed by atoms with Crippen molar-refractivity contribution in [2.45, 2.75) is 31.7 Å². The second-order valence-electron chi connectivity index (χ2n) is 6.14. The van der Waals surface area contributed by atoms with Crippen molar-refractivity contribution in [1.29, 1.82) is 0 Å². The van der Waals surface area contributed by atoms with E-state index in [-0.39, 0.29) is 0 Å². The van der Waals surface area contributed by atoms with Gasteiger partial charge in [0, 0.05) is 40.4 Å². The number of rotatable bonds is 6. The summed E-state index contributed by atoms with van der Waals surface area (Å²) < 4.78 is 13.9. The number of hydrogen-bond donors (Lipinski definition) is 0. The minimum atomic E-state index is -1.89. The molecule has 1 aliphatic rings. The normalized spacial score (nSPS) is 20.3. The van der Waals surface area contributed by atoms with Crippen LogP contribution in [0.2, 0.25) is 31.7 Å². The van der Waals surface area contributed by atoms with Gasteiger partial charge in [-0.15, -0.1) is 0 Å². The molecule has 0 saturated carbocycles. The fourth-order valence-corrected chi connectivity index (χ4v) is 8.96. The van der Waals surface area contributed by atoms with E-state index in [4.69, 9.17) is 8.85 Å². The third kappa shape index (κ3) is 4.43. The molecule has 1 saturated heterocycles. The van der Waals surface area contributed by atoms with Gasteiger partial charge in [-0.25, -0.2) is 0 Å². The second-order valence-corrected chi connectivity index (χ2v) is 14.5. The van der Waals surface area contributed by atoms with Gasteiger partial charge in [-0.3, -0.25) is 0 Å². The van der Waals surface area contributed by atoms with Crippen LogP contribution in [0.5, 0.6) is 0 Å². The summed E-state index contributed by atoms with van der Waals surface area (Å²) in [6.45, 7) is 12.0. The maximum absolute atomic E-state index is 5.60. The van der Waals surface area contributed by atoms with Crippen LogP contribution in [0.15, 0.2) is 0 Å². The predicted molar refractivity (Wildman–Crippen MR) is 81.8 cm³/mol. The molecule has 0 aromatic heterocycles. The minimum Gasteiger partial charge on any atom is -0.398 e. The van der Waals surface area contributed by atoms with Crippen molar-refractivity contribution in [1.82, 2.24) is 9.47 Å². The number of hydrogen-bond acceptors (Lipinski definition) is 4. The van der Waals surface area contributed by atoms with Gasteiger partial charge in [0.2, 0.25) is 0 Å². The molecular weight excluding hydrogens is 260 g/mol. The monoisotopic (exact) mass is 290 g/mol. The van der Waals surface area contributed by atoms with Gasteiger partial charge in [0.15, 0.2) is 0 Å². The Morgan fingerprint density at radius 3 is 1.83 bits per heavy atom. The number of likely N-dealkylation sites (N-methyl/N-ethyl adjacent to an activating group) is 1. The van der Waals surface area contributed by atoms with Crippen LogP contribution in [0, 0.1) is 0 Å². The van der Waals surface area contributed by atoms with E-state index in [2.05, 4.69) is 36.2 Å². The van der Waals surface area contributed by atoms with Crippen LogP contribution in [0.25, 0.3) is 0 Å². The summed E-state index contributed by atoms with van der Waals surface area (Å²) in [6.07, 6.45) is 0. The van der Waals surface area contributed by atoms with Crippen LogP contribution in [0.1, 0.15) is 0 Å². The second kappa shape index (κ2) is 6.63. The summed E-state index contributed by atoms with van der Waals surface area (Å²) >= 11 is 0. The van der Waals surface area contributed by atoms with Crippen molar-refractivity contribution in [2.24, 2.45) is 0 Å². The zero-order valence-corrected chi connectivity index (χ0v) is 15.0. The molecule has 0 N–H and O–H groups in total. The highest BCUT2D eigenvalue weighted by Crippen LogP contribution is 2.24. The Kier molecular flexibility index (Phi) is 6.01. The molecule has 0 aliphatic carbocycles. The summed E-state index contributed by atoms with van der Waals surface area (Å²) in [4.78, 5) is 2.42. The maximum atomic E-state index is 5.60. The van der Waals surface area contributed by atoms with Crippen molar-refractivity contribution in [3.63, 3.8) is 0 Å². The Hall–Kier alpha value is 0.274. The van der Waals surface area contributed by atoms with Gasteiger partial charge < -0.3 is 18.3 Å². The van der Waals surface area contributed by atoms with Crippen molar-refractivity contribution in [3.05, 3.63) is 0 Å². The summed E-state index contributed by atoms with van der Waals surface area (Å²) in [5.74, 6) is 0. The molecule has 0 unspecified atom stereocenters. The van der Waals surface area contributed by atoms with Crippen molar-refractivity contribution in [2.75, 3.05) is 47.4 Å². The van der Waals surface area contributed by atoms with Crippen LogP contribution in [-0.2, 0) is 8.85 Å². The fourth-order valence-electron chi connectivity index (χ4n) is 2.39. The number of piperazine rings is 1. The molecule has 1 aliphatic heterocycles. The van der Waals surface area contributed by atoms with E-state index < -0.39 is 16.8 Å². The molecule has 108 valence electrons. The van der Waals surface area contributed by atoms with Gasteiger partial charge in [0.1, 0.15) is 8.24 Å². The first-order valence-electron chi connectivity index (χ1n) is 6.87. The van der Waals surface area contributed by atoms with E-state index in [1.54, 1.807) is 14.2 Å². The average Bonchev–Trinajstić information content (AvgIpc) is 2.37. The zero-order chi connectivity index (χ0) is 13.8. The van der Waals surface area contributed by atoms with Crippen LogP contribution in [0.3, 0.4) is 0 Å². The van der Waals surface area contributed by atoms with Crippen molar-refractivity contribution in [3.8, 4) is 0 Å². The van der Waals surface area contributed by atoms with E-state index in [9.17, 15) is 0 Å². The van der Waals surface area contributed by atoms with E-state index in [0.717, 1.165) is 6.04 Å². The Labute approximate surface area is 115 Å². The zero-order valence-electron chi connectivity index (χ0n) is 13.0. The minimum absolute atomic E-state index is 1.12. The van der Waals surface area contributed by atoms with Gasteiger partial charge in [0.25, 0.3) is 0 Å². The van der Waals surface area contributed by atoms with Crippen LogP contribution in [0.4, 0.5) is 0 Å². The fraction of sp³-hybridized carbons (Fsp3) is 1.00. The third-order valence-electron chi connectivity index (χ3n) is 4.41. The molecule has 1 fully saturated rings. The van der Waals surface area contributed by atoms with Gasteiger partial charge in [-0.05, 0) is 25.7 Å². The van der Waals surface area contributed by atoms with E-state index >= 15 is 0 Å². The first kappa shape index (κ1) is 16.3. The summed E-state index contributed by atoms with van der Waals surface area (Å²) in [6, 6.07) is 2.40. The van der Waals surface area contributed by atoms with E-state index in [1.807, 2.05) is 0 Å². The lowest BCUT2D eigenvalue weighted by Crippen LogP contribution is -2.57. The number of nitrogens with zero attached hydrogens (tertiary/aromatic N) is 2. The molecule has 4 nitrogen and oxygen atoms in total. The lowest BCUT2D eigenvalue weighted by Gasteiger charge is -2.43. The SMILES string of the molecule is CO[Si](C)(CC[Si](C)(C)N1CCN(C)CC1)OC. The van der Waals surface area contributed by atoms with Crippen molar-refractivity contribution < 1.29 is 8.85 Å². The van der Waals surface area contributed by atoms with E-state index in [0.29, 0.717) is 0 Å². The van der Waals surface area contributed by atoms with E-state index in [1.165, 1.54) is 32.2 Å². The Balaban J connectivity index is 2.48. The molecule has 0 bridgehead atoms. The highest BCUT2D eigenvalue weighted by Gasteiger charge is 2.36. The van der Waals surface area contributed by atoms with Gasteiger partial charge in [0.05, 0.1) is 0 Å². The average molecular weight is 291 g/mol. The first-order chi connectivity index (χ1) is 8.33. The Morgan fingerprint density at radius 2 is 1.39 bits per heavy atom. The topological polar surface area (TPSA) is 24.9 Å². The molecule has 0 radical (unpaired) electrons. The molecular formula is C12H30N2O2Si2. The van der Waals surface area contributed by atoms with Crippen LogP contribution in [-0.4, -0.2) is 73.7 Å². The molecule has 1 heterocycles. The van der Waals surface area contributed by atoms with Gasteiger partial charge in [-0.2, -0.15) is 0 Å². The molecule has 6 heteroatoms. The smallest absolute Gasteiger partial charge is 0.334 e. The van der Waals surface area contributed by atoms with Gasteiger partial charge >= 0.3 is 8.56 Å². The molecule has 1 rings (SSSR count). The van der Waals surface area contributed by atoms with Crippen molar-refractivity contribution >= 4 is 16.8 Å². The standard InChI is InChI=1S/C12H30N2O2Si2/c1-13-7-9-14(10-8-13)17(4,5)11-12-18(6,15-2)16-3/h7-12H2,1-6H3. The quantitative estimate of drug-likeness (QED) is 0.697. The summed E-state index contributed by atoms with van der Waals surface area (Å²) in [7, 11) is 2.62. The Bertz CT molecular complexity index is 252. The predicted octanol–water partition coefficient (Wildman–Crippen LogP) is 1.80.